The van der Waals surface area contributed by atoms with Crippen LogP contribution in [0.15, 0.2) is 27.2 Å². The van der Waals surface area contributed by atoms with Gasteiger partial charge < -0.3 is 24.7 Å². The largest absolute Gasteiger partial charge is 0.438 e. The summed E-state index contributed by atoms with van der Waals surface area (Å²) in [5.74, 6) is -3.38. The van der Waals surface area contributed by atoms with Crippen LogP contribution in [0.5, 0.6) is 0 Å². The minimum Gasteiger partial charge on any atom is -0.438 e. The Hall–Kier alpha value is -3.61. The first-order valence-electron chi connectivity index (χ1n) is 12.2. The summed E-state index contributed by atoms with van der Waals surface area (Å²) < 4.78 is 43.8. The Morgan fingerprint density at radius 1 is 1.32 bits per heavy atom. The third kappa shape index (κ3) is 5.13. The fourth-order valence-corrected chi connectivity index (χ4v) is 5.03. The van der Waals surface area contributed by atoms with Crippen molar-refractivity contribution < 1.29 is 32.2 Å². The highest BCUT2D eigenvalue weighted by Gasteiger charge is 2.40. The predicted molar refractivity (Wildman–Crippen MR) is 125 cm³/mol. The van der Waals surface area contributed by atoms with Crippen LogP contribution < -0.4 is 10.6 Å². The number of methoxy groups -OCH3 is 1. The van der Waals surface area contributed by atoms with Crippen molar-refractivity contribution in [2.24, 2.45) is 5.92 Å². The average Bonchev–Trinajstić information content (AvgIpc) is 3.60. The standard InChI is InChI=1S/C24H28F2N6O5/c1-13-19(31-37-30-13)21(33)29-20(14-5-7-24(25,26)8-6-14)22-28-16-11-15(3-4-18(16)36-22)17(12-35-2)32-10-9-27-23(32)34/h3-4,11,14,17,20H,5-10,12H2,1-2H3,(H,27,34)(H,29,33). The molecule has 0 radical (unpaired) electrons. The lowest BCUT2D eigenvalue weighted by Crippen LogP contribution is -2.37. The lowest BCUT2D eigenvalue weighted by molar-refractivity contribution is -0.0503. The fourth-order valence-electron chi connectivity index (χ4n) is 5.03. The molecule has 1 saturated carbocycles. The Labute approximate surface area is 210 Å². The van der Waals surface area contributed by atoms with Gasteiger partial charge in [-0.05, 0) is 48.5 Å². The molecule has 3 heterocycles. The van der Waals surface area contributed by atoms with E-state index in [-0.39, 0.29) is 55.3 Å². The number of fused-ring (bicyclic) bond motifs is 1. The highest BCUT2D eigenvalue weighted by molar-refractivity contribution is 5.93. The molecule has 1 aromatic carbocycles. The van der Waals surface area contributed by atoms with Gasteiger partial charge in [0.1, 0.15) is 17.3 Å². The number of aryl methyl sites for hydroxylation is 1. The molecule has 1 aliphatic carbocycles. The van der Waals surface area contributed by atoms with Crippen molar-refractivity contribution in [2.75, 3.05) is 26.8 Å². The van der Waals surface area contributed by atoms with Crippen LogP contribution in [-0.2, 0) is 4.74 Å². The van der Waals surface area contributed by atoms with Crippen molar-refractivity contribution in [1.29, 1.82) is 0 Å². The molecule has 1 aliphatic heterocycles. The molecule has 2 atom stereocenters. The van der Waals surface area contributed by atoms with Gasteiger partial charge in [-0.3, -0.25) is 4.79 Å². The second-order valence-corrected chi connectivity index (χ2v) is 9.52. The number of urea groups is 1. The van der Waals surface area contributed by atoms with Crippen LogP contribution in [0.25, 0.3) is 11.1 Å². The number of ether oxygens (including phenoxy) is 1. The quantitative estimate of drug-likeness (QED) is 0.462. The number of halogens is 2. The molecule has 3 amide bonds. The summed E-state index contributed by atoms with van der Waals surface area (Å²) in [6.07, 6.45) is -0.180. The van der Waals surface area contributed by atoms with E-state index in [0.717, 1.165) is 5.56 Å². The van der Waals surface area contributed by atoms with Gasteiger partial charge in [0.05, 0.1) is 12.6 Å². The average molecular weight is 519 g/mol. The van der Waals surface area contributed by atoms with E-state index in [1.165, 1.54) is 0 Å². The zero-order valence-corrected chi connectivity index (χ0v) is 20.5. The van der Waals surface area contributed by atoms with Gasteiger partial charge >= 0.3 is 6.03 Å². The third-order valence-electron chi connectivity index (χ3n) is 7.06. The minimum atomic E-state index is -2.73. The summed E-state index contributed by atoms with van der Waals surface area (Å²) in [6, 6.07) is 4.16. The van der Waals surface area contributed by atoms with Gasteiger partial charge in [0.2, 0.25) is 11.8 Å². The summed E-state index contributed by atoms with van der Waals surface area (Å²) in [4.78, 5) is 31.6. The second kappa shape index (κ2) is 10.0. The van der Waals surface area contributed by atoms with E-state index >= 15 is 0 Å². The zero-order valence-electron chi connectivity index (χ0n) is 20.5. The number of alkyl halides is 2. The molecule has 0 bridgehead atoms. The minimum absolute atomic E-state index is 0.0100. The number of benzene rings is 1. The summed E-state index contributed by atoms with van der Waals surface area (Å²) in [7, 11) is 1.57. The molecule has 3 aromatic rings. The Kier molecular flexibility index (Phi) is 6.80. The van der Waals surface area contributed by atoms with E-state index in [9.17, 15) is 18.4 Å². The highest BCUT2D eigenvalue weighted by atomic mass is 19.3. The molecule has 2 aliphatic rings. The molecule has 0 spiro atoms. The van der Waals surface area contributed by atoms with Crippen molar-refractivity contribution in [3.05, 3.63) is 41.0 Å². The maximum Gasteiger partial charge on any atom is 0.318 e. The van der Waals surface area contributed by atoms with E-state index in [1.807, 2.05) is 12.1 Å². The van der Waals surface area contributed by atoms with Crippen LogP contribution in [-0.4, -0.2) is 64.9 Å². The first kappa shape index (κ1) is 25.1. The molecule has 2 fully saturated rings. The maximum absolute atomic E-state index is 13.9. The fraction of sp³-hybridized carbons (Fsp3) is 0.542. The van der Waals surface area contributed by atoms with Crippen LogP contribution in [0, 0.1) is 12.8 Å². The molecular weight excluding hydrogens is 490 g/mol. The summed E-state index contributed by atoms with van der Waals surface area (Å²) in [6.45, 7) is 2.98. The van der Waals surface area contributed by atoms with E-state index in [4.69, 9.17) is 9.15 Å². The molecular formula is C24H28F2N6O5. The summed E-state index contributed by atoms with van der Waals surface area (Å²) in [5, 5.41) is 12.9. The van der Waals surface area contributed by atoms with Crippen molar-refractivity contribution in [2.45, 2.75) is 50.6 Å². The van der Waals surface area contributed by atoms with Crippen LogP contribution in [0.4, 0.5) is 13.6 Å². The number of amides is 3. The van der Waals surface area contributed by atoms with Crippen LogP contribution in [0.3, 0.4) is 0 Å². The molecule has 198 valence electrons. The lowest BCUT2D eigenvalue weighted by atomic mass is 9.82. The second-order valence-electron chi connectivity index (χ2n) is 9.52. The number of rotatable bonds is 8. The molecule has 11 nitrogen and oxygen atoms in total. The maximum atomic E-state index is 13.9. The first-order valence-corrected chi connectivity index (χ1v) is 12.2. The van der Waals surface area contributed by atoms with Gasteiger partial charge in [0, 0.05) is 33.0 Å². The van der Waals surface area contributed by atoms with Crippen molar-refractivity contribution in [1.82, 2.24) is 30.8 Å². The smallest absolute Gasteiger partial charge is 0.318 e. The normalized spacial score (nSPS) is 19.7. The van der Waals surface area contributed by atoms with Gasteiger partial charge in [-0.2, -0.15) is 0 Å². The number of hydrogen-bond acceptors (Lipinski definition) is 8. The van der Waals surface area contributed by atoms with E-state index in [2.05, 4.69) is 30.6 Å². The van der Waals surface area contributed by atoms with Gasteiger partial charge in [0.25, 0.3) is 5.91 Å². The molecule has 2 N–H and O–H groups in total. The number of hydrogen-bond donors (Lipinski definition) is 2. The molecule has 37 heavy (non-hydrogen) atoms. The van der Waals surface area contributed by atoms with E-state index < -0.39 is 17.9 Å². The van der Waals surface area contributed by atoms with Crippen molar-refractivity contribution in [3.63, 3.8) is 0 Å². The SMILES string of the molecule is COCC(c1ccc2oc(C(NC(=O)c3nonc3C)C3CCC(F)(F)CC3)nc2c1)N1CCNC1=O. The first-order chi connectivity index (χ1) is 17.8. The van der Waals surface area contributed by atoms with Gasteiger partial charge in [-0.1, -0.05) is 11.2 Å². The molecule has 5 rings (SSSR count). The number of carbonyl (C=O) groups excluding carboxylic acids is 2. The summed E-state index contributed by atoms with van der Waals surface area (Å²) >= 11 is 0. The molecule has 1 saturated heterocycles. The van der Waals surface area contributed by atoms with Crippen LogP contribution >= 0.6 is 0 Å². The molecule has 2 aromatic heterocycles. The number of aromatic nitrogens is 3. The van der Waals surface area contributed by atoms with Gasteiger partial charge in [-0.25, -0.2) is 23.2 Å². The number of oxazole rings is 1. The molecule has 13 heteroatoms. The monoisotopic (exact) mass is 518 g/mol. The number of nitrogens with zero attached hydrogens (tertiary/aromatic N) is 4. The Morgan fingerprint density at radius 3 is 2.76 bits per heavy atom. The van der Waals surface area contributed by atoms with E-state index in [0.29, 0.717) is 36.5 Å². The summed E-state index contributed by atoms with van der Waals surface area (Å²) in [5.41, 5.74) is 2.13. The lowest BCUT2D eigenvalue weighted by Gasteiger charge is -2.32. The van der Waals surface area contributed by atoms with Gasteiger partial charge in [0.15, 0.2) is 11.3 Å². The topological polar surface area (TPSA) is 136 Å². The number of carbonyl (C=O) groups is 2. The van der Waals surface area contributed by atoms with Crippen LogP contribution in [0.2, 0.25) is 0 Å². The van der Waals surface area contributed by atoms with Gasteiger partial charge in [-0.15, -0.1) is 0 Å². The predicted octanol–water partition coefficient (Wildman–Crippen LogP) is 3.53. The third-order valence-corrected chi connectivity index (χ3v) is 7.06. The Morgan fingerprint density at radius 2 is 2.11 bits per heavy atom. The van der Waals surface area contributed by atoms with Crippen molar-refractivity contribution in [3.8, 4) is 0 Å². The Balaban J connectivity index is 1.46. The molecule has 2 unspecified atom stereocenters. The highest BCUT2D eigenvalue weighted by Crippen LogP contribution is 2.42. The van der Waals surface area contributed by atoms with Crippen molar-refractivity contribution >= 4 is 23.0 Å². The Bertz CT molecular complexity index is 1280. The van der Waals surface area contributed by atoms with E-state index in [1.54, 1.807) is 25.0 Å². The van der Waals surface area contributed by atoms with Crippen LogP contribution in [0.1, 0.15) is 65.4 Å². The zero-order chi connectivity index (χ0) is 26.2. The number of nitrogens with one attached hydrogen (secondary N) is 2.